The van der Waals surface area contributed by atoms with Crippen molar-refractivity contribution < 1.29 is 9.53 Å². The van der Waals surface area contributed by atoms with E-state index < -0.39 is 0 Å². The summed E-state index contributed by atoms with van der Waals surface area (Å²) in [5.74, 6) is 0.980. The first-order chi connectivity index (χ1) is 12.7. The lowest BCUT2D eigenvalue weighted by Gasteiger charge is -2.43. The van der Waals surface area contributed by atoms with E-state index in [0.29, 0.717) is 0 Å². The highest BCUT2D eigenvalue weighted by molar-refractivity contribution is 6.02. The number of para-hydroxylation sites is 1. The van der Waals surface area contributed by atoms with Crippen LogP contribution in [0.4, 0.5) is 5.69 Å². The molecule has 0 radical (unpaired) electrons. The summed E-state index contributed by atoms with van der Waals surface area (Å²) in [5, 5.41) is 1.15. The quantitative estimate of drug-likeness (QED) is 0.674. The fourth-order valence-corrected chi connectivity index (χ4v) is 4.41. The van der Waals surface area contributed by atoms with E-state index in [4.69, 9.17) is 4.74 Å². The number of rotatable bonds is 1. The van der Waals surface area contributed by atoms with Crippen molar-refractivity contribution in [2.75, 3.05) is 25.6 Å². The molecule has 0 spiro atoms. The molecule has 2 aromatic carbocycles. The summed E-state index contributed by atoms with van der Waals surface area (Å²) in [5.41, 5.74) is 4.14. The van der Waals surface area contributed by atoms with E-state index in [9.17, 15) is 4.79 Å². The van der Waals surface area contributed by atoms with Gasteiger partial charge in [0.1, 0.15) is 11.9 Å². The first-order valence-electron chi connectivity index (χ1n) is 8.99. The monoisotopic (exact) mass is 347 g/mol. The Bertz CT molecular complexity index is 1020. The second-order valence-electron chi connectivity index (χ2n) is 7.00. The van der Waals surface area contributed by atoms with E-state index in [0.717, 1.165) is 47.6 Å². The van der Waals surface area contributed by atoms with Crippen LogP contribution in [0, 0.1) is 0 Å². The molecule has 1 unspecified atom stereocenters. The first-order valence-corrected chi connectivity index (χ1v) is 8.99. The van der Waals surface area contributed by atoms with Gasteiger partial charge < -0.3 is 19.1 Å². The van der Waals surface area contributed by atoms with Crippen molar-refractivity contribution in [1.82, 2.24) is 9.47 Å². The number of hydrogen-bond acceptors (Lipinski definition) is 3. The number of anilines is 1. The molecule has 3 heterocycles. The van der Waals surface area contributed by atoms with Crippen LogP contribution in [0.3, 0.4) is 0 Å². The van der Waals surface area contributed by atoms with E-state index in [1.807, 2.05) is 35.2 Å². The maximum absolute atomic E-state index is 13.1. The number of aryl methyl sites for hydroxylation is 1. The summed E-state index contributed by atoms with van der Waals surface area (Å²) in [6, 6.07) is 16.3. The molecule has 5 rings (SSSR count). The number of hydrogen-bond donors (Lipinski definition) is 0. The van der Waals surface area contributed by atoms with Crippen LogP contribution < -0.4 is 9.64 Å². The fourth-order valence-electron chi connectivity index (χ4n) is 4.41. The van der Waals surface area contributed by atoms with Crippen molar-refractivity contribution in [3.63, 3.8) is 0 Å². The van der Waals surface area contributed by atoms with Crippen molar-refractivity contribution >= 4 is 22.5 Å². The lowest BCUT2D eigenvalue weighted by molar-refractivity contribution is 0.0658. The second-order valence-corrected chi connectivity index (χ2v) is 7.00. The summed E-state index contributed by atoms with van der Waals surface area (Å²) >= 11 is 0. The van der Waals surface area contributed by atoms with Crippen LogP contribution in [-0.4, -0.2) is 36.1 Å². The average molecular weight is 347 g/mol. The molecule has 0 aliphatic carbocycles. The molecule has 0 bridgehead atoms. The van der Waals surface area contributed by atoms with E-state index in [1.165, 1.54) is 5.52 Å². The van der Waals surface area contributed by atoms with Gasteiger partial charge in [0.05, 0.1) is 24.1 Å². The molecule has 5 heteroatoms. The zero-order chi connectivity index (χ0) is 17.8. The highest BCUT2D eigenvalue weighted by Crippen LogP contribution is 2.41. The van der Waals surface area contributed by atoms with Gasteiger partial charge >= 0.3 is 0 Å². The van der Waals surface area contributed by atoms with Gasteiger partial charge in [-0.25, -0.2) is 0 Å². The maximum atomic E-state index is 13.1. The number of ether oxygens (including phenoxy) is 1. The number of methoxy groups -OCH3 is 1. The summed E-state index contributed by atoms with van der Waals surface area (Å²) < 4.78 is 7.74. The molecule has 0 N–H and O–H groups in total. The van der Waals surface area contributed by atoms with Gasteiger partial charge in [0, 0.05) is 31.0 Å². The first kappa shape index (κ1) is 15.3. The molecule has 1 aromatic heterocycles. The predicted molar refractivity (Wildman–Crippen MR) is 102 cm³/mol. The average Bonchev–Trinajstić information content (AvgIpc) is 2.91. The van der Waals surface area contributed by atoms with Gasteiger partial charge in [0.2, 0.25) is 0 Å². The minimum absolute atomic E-state index is 0.0849. The molecule has 2 aliphatic rings. The normalized spacial score (nSPS) is 19.0. The lowest BCUT2D eigenvalue weighted by atomic mass is 10.0. The third kappa shape index (κ3) is 2.00. The Labute approximate surface area is 152 Å². The molecular weight excluding hydrogens is 326 g/mol. The van der Waals surface area contributed by atoms with Crippen LogP contribution in [0.15, 0.2) is 48.5 Å². The van der Waals surface area contributed by atoms with Crippen molar-refractivity contribution in [3.8, 4) is 5.75 Å². The Morgan fingerprint density at radius 3 is 2.77 bits per heavy atom. The van der Waals surface area contributed by atoms with Crippen LogP contribution in [0.5, 0.6) is 5.75 Å². The summed E-state index contributed by atoms with van der Waals surface area (Å²) in [7, 11) is 3.77. The van der Waals surface area contributed by atoms with Gasteiger partial charge in [-0.2, -0.15) is 0 Å². The van der Waals surface area contributed by atoms with Gasteiger partial charge in [0.25, 0.3) is 5.91 Å². The summed E-state index contributed by atoms with van der Waals surface area (Å²) in [6.07, 6.45) is 0.861. The van der Waals surface area contributed by atoms with E-state index in [2.05, 4.69) is 34.7 Å². The third-order valence-electron chi connectivity index (χ3n) is 5.62. The Balaban J connectivity index is 1.73. The minimum atomic E-state index is -0.0849. The Morgan fingerprint density at radius 2 is 1.92 bits per heavy atom. The van der Waals surface area contributed by atoms with Gasteiger partial charge in [-0.15, -0.1) is 0 Å². The number of fused-ring (bicyclic) bond motifs is 6. The van der Waals surface area contributed by atoms with E-state index in [-0.39, 0.29) is 12.1 Å². The van der Waals surface area contributed by atoms with Crippen molar-refractivity contribution in [2.45, 2.75) is 19.1 Å². The molecule has 3 aromatic rings. The highest BCUT2D eigenvalue weighted by Gasteiger charge is 2.39. The molecule has 0 saturated heterocycles. The standard InChI is InChI=1S/C21H21N3O2/c1-22-18-7-4-3-6-16(18)21(25)24-11-5-10-23-17-9-8-15(26-2)12-14(17)13-19(23)20(22)24/h3-4,6-9,12-13,20H,5,10-11H2,1-2H3. The Hall–Kier alpha value is -2.95. The SMILES string of the molecule is COc1ccc2c(c1)cc1n2CCCN2C(=O)c3ccccc3N(C)C12. The van der Waals surface area contributed by atoms with Crippen LogP contribution in [0.25, 0.3) is 10.9 Å². The molecule has 1 atom stereocenters. The second kappa shape index (κ2) is 5.53. The number of benzene rings is 2. The van der Waals surface area contributed by atoms with Gasteiger partial charge in [-0.1, -0.05) is 12.1 Å². The van der Waals surface area contributed by atoms with Crippen molar-refractivity contribution in [2.24, 2.45) is 0 Å². The minimum Gasteiger partial charge on any atom is -0.497 e. The smallest absolute Gasteiger partial charge is 0.257 e. The van der Waals surface area contributed by atoms with Gasteiger partial charge in [-0.05, 0) is 42.8 Å². The van der Waals surface area contributed by atoms with E-state index >= 15 is 0 Å². The van der Waals surface area contributed by atoms with Gasteiger partial charge in [0.15, 0.2) is 0 Å². The molecular formula is C21H21N3O2. The summed E-state index contributed by atoms with van der Waals surface area (Å²) in [6.45, 7) is 1.68. The molecule has 0 saturated carbocycles. The number of carbonyl (C=O) groups excluding carboxylic acids is 1. The number of amides is 1. The highest BCUT2D eigenvalue weighted by atomic mass is 16.5. The number of carbonyl (C=O) groups is 1. The Morgan fingerprint density at radius 1 is 1.08 bits per heavy atom. The lowest BCUT2D eigenvalue weighted by Crippen LogP contribution is -2.47. The van der Waals surface area contributed by atoms with Gasteiger partial charge in [-0.3, -0.25) is 4.79 Å². The van der Waals surface area contributed by atoms with E-state index in [1.54, 1.807) is 7.11 Å². The topological polar surface area (TPSA) is 37.7 Å². The third-order valence-corrected chi connectivity index (χ3v) is 5.62. The zero-order valence-corrected chi connectivity index (χ0v) is 15.0. The Kier molecular flexibility index (Phi) is 3.26. The number of nitrogens with zero attached hydrogens (tertiary/aromatic N) is 3. The largest absolute Gasteiger partial charge is 0.497 e. The van der Waals surface area contributed by atoms with Crippen LogP contribution in [0.2, 0.25) is 0 Å². The summed E-state index contributed by atoms with van der Waals surface area (Å²) in [4.78, 5) is 17.4. The molecule has 1 amide bonds. The molecule has 2 aliphatic heterocycles. The predicted octanol–water partition coefficient (Wildman–Crippen LogP) is 3.64. The van der Waals surface area contributed by atoms with Crippen molar-refractivity contribution in [3.05, 3.63) is 59.8 Å². The molecule has 5 nitrogen and oxygen atoms in total. The number of aromatic nitrogens is 1. The maximum Gasteiger partial charge on any atom is 0.257 e. The fraction of sp³-hybridized carbons (Fsp3) is 0.286. The van der Waals surface area contributed by atoms with Crippen LogP contribution >= 0.6 is 0 Å². The van der Waals surface area contributed by atoms with Crippen LogP contribution in [0.1, 0.15) is 28.6 Å². The molecule has 0 fully saturated rings. The van der Waals surface area contributed by atoms with Crippen LogP contribution in [-0.2, 0) is 6.54 Å². The molecule has 26 heavy (non-hydrogen) atoms. The van der Waals surface area contributed by atoms with Crippen molar-refractivity contribution in [1.29, 1.82) is 0 Å². The zero-order valence-electron chi connectivity index (χ0n) is 15.0. The molecule has 132 valence electrons.